The maximum Gasteiger partial charge on any atom is 0.321 e. The zero-order chi connectivity index (χ0) is 13.0. The highest BCUT2D eigenvalue weighted by molar-refractivity contribution is 6.03. The number of esters is 1. The second-order valence-electron chi connectivity index (χ2n) is 4.43. The van der Waals surface area contributed by atoms with Crippen molar-refractivity contribution in [3.8, 4) is 0 Å². The molecule has 0 spiro atoms. The lowest BCUT2D eigenvalue weighted by molar-refractivity contribution is -0.165. The molecule has 1 aromatic heterocycles. The number of nitrogens with one attached hydrogen (secondary N) is 1. The average molecular weight is 248 g/mol. The molecule has 1 aliphatic carbocycles. The fourth-order valence-electron chi connectivity index (χ4n) is 2.09. The number of carbonyl (C=O) groups excluding carboxylic acids is 2. The Kier molecular flexibility index (Phi) is 3.60. The van der Waals surface area contributed by atoms with Gasteiger partial charge in [0.15, 0.2) is 0 Å². The normalized spacial score (nSPS) is 16.5. The quantitative estimate of drug-likeness (QED) is 0.638. The minimum Gasteiger partial charge on any atom is -0.468 e. The first-order chi connectivity index (χ1) is 8.69. The van der Waals surface area contributed by atoms with E-state index < -0.39 is 11.4 Å². The van der Waals surface area contributed by atoms with Crippen molar-refractivity contribution in [2.75, 3.05) is 7.11 Å². The smallest absolute Gasteiger partial charge is 0.321 e. The van der Waals surface area contributed by atoms with Gasteiger partial charge in [-0.3, -0.25) is 14.6 Å². The predicted molar refractivity (Wildman–Crippen MR) is 64.4 cm³/mol. The average Bonchev–Trinajstić information content (AvgIpc) is 2.36. The van der Waals surface area contributed by atoms with Crippen molar-refractivity contribution in [3.05, 3.63) is 30.1 Å². The van der Waals surface area contributed by atoms with Gasteiger partial charge in [-0.25, -0.2) is 0 Å². The summed E-state index contributed by atoms with van der Waals surface area (Å²) in [5, 5.41) is 2.75. The lowest BCUT2D eigenvalue weighted by atomic mass is 9.68. The molecule has 96 valence electrons. The Morgan fingerprint density at radius 1 is 1.44 bits per heavy atom. The van der Waals surface area contributed by atoms with Crippen LogP contribution in [0, 0.1) is 5.41 Å². The molecule has 0 bridgehead atoms. The fraction of sp³-hybridized carbons (Fsp3) is 0.462. The monoisotopic (exact) mass is 248 g/mol. The summed E-state index contributed by atoms with van der Waals surface area (Å²) in [6, 6.07) is 5.49. The van der Waals surface area contributed by atoms with Crippen molar-refractivity contribution in [2.24, 2.45) is 5.41 Å². The van der Waals surface area contributed by atoms with Crippen molar-refractivity contribution in [1.29, 1.82) is 0 Å². The fourth-order valence-corrected chi connectivity index (χ4v) is 2.09. The zero-order valence-corrected chi connectivity index (χ0v) is 10.3. The van der Waals surface area contributed by atoms with Crippen LogP contribution in [0.4, 0.5) is 0 Å². The van der Waals surface area contributed by atoms with Crippen LogP contribution in [0.5, 0.6) is 0 Å². The Morgan fingerprint density at radius 2 is 2.22 bits per heavy atom. The van der Waals surface area contributed by atoms with Crippen LogP contribution in [-0.2, 0) is 20.9 Å². The van der Waals surface area contributed by atoms with Crippen molar-refractivity contribution < 1.29 is 14.3 Å². The van der Waals surface area contributed by atoms with Gasteiger partial charge in [-0.2, -0.15) is 0 Å². The summed E-state index contributed by atoms with van der Waals surface area (Å²) in [4.78, 5) is 27.9. The topological polar surface area (TPSA) is 68.3 Å². The van der Waals surface area contributed by atoms with Crippen molar-refractivity contribution in [1.82, 2.24) is 10.3 Å². The maximum atomic E-state index is 12.1. The van der Waals surface area contributed by atoms with E-state index in [1.165, 1.54) is 7.11 Å². The minimum absolute atomic E-state index is 0.258. The Morgan fingerprint density at radius 3 is 2.72 bits per heavy atom. The summed E-state index contributed by atoms with van der Waals surface area (Å²) in [7, 11) is 1.31. The summed E-state index contributed by atoms with van der Waals surface area (Å²) in [6.45, 7) is 0.332. The number of pyridine rings is 1. The molecule has 0 aromatic carbocycles. The standard InChI is InChI=1S/C13H16N2O3/c1-18-12(17)13(6-4-7-13)11(16)15-9-10-5-2-3-8-14-10/h2-3,5,8H,4,6-7,9H2,1H3,(H,15,16). The lowest BCUT2D eigenvalue weighted by Gasteiger charge is -2.36. The first-order valence-electron chi connectivity index (χ1n) is 5.96. The van der Waals surface area contributed by atoms with E-state index in [1.54, 1.807) is 6.20 Å². The highest BCUT2D eigenvalue weighted by Crippen LogP contribution is 2.42. The molecule has 1 fully saturated rings. The van der Waals surface area contributed by atoms with Crippen LogP contribution in [-0.4, -0.2) is 24.0 Å². The van der Waals surface area contributed by atoms with Crippen LogP contribution >= 0.6 is 0 Å². The molecular weight excluding hydrogens is 232 g/mol. The van der Waals surface area contributed by atoms with Gasteiger partial charge in [-0.1, -0.05) is 12.5 Å². The van der Waals surface area contributed by atoms with E-state index in [-0.39, 0.29) is 5.91 Å². The Balaban J connectivity index is 1.97. The Hall–Kier alpha value is -1.91. The molecule has 1 heterocycles. The number of rotatable bonds is 4. The predicted octanol–water partition coefficient (Wildman–Crippen LogP) is 1.04. The molecule has 5 heteroatoms. The minimum atomic E-state index is -0.969. The maximum absolute atomic E-state index is 12.1. The summed E-state index contributed by atoms with van der Waals surface area (Å²) in [6.07, 6.45) is 3.68. The molecule has 1 aromatic rings. The highest BCUT2D eigenvalue weighted by atomic mass is 16.5. The molecule has 5 nitrogen and oxygen atoms in total. The van der Waals surface area contributed by atoms with Gasteiger partial charge in [0.1, 0.15) is 5.41 Å². The second-order valence-corrected chi connectivity index (χ2v) is 4.43. The van der Waals surface area contributed by atoms with Crippen molar-refractivity contribution in [3.63, 3.8) is 0 Å². The van der Waals surface area contributed by atoms with Crippen LogP contribution < -0.4 is 5.32 Å². The van der Waals surface area contributed by atoms with E-state index in [2.05, 4.69) is 10.3 Å². The number of aromatic nitrogens is 1. The summed E-state index contributed by atoms with van der Waals surface area (Å²) >= 11 is 0. The highest BCUT2D eigenvalue weighted by Gasteiger charge is 2.51. The lowest BCUT2D eigenvalue weighted by Crippen LogP contribution is -2.51. The molecule has 0 aliphatic heterocycles. The molecule has 0 saturated heterocycles. The van der Waals surface area contributed by atoms with Crippen molar-refractivity contribution in [2.45, 2.75) is 25.8 Å². The molecule has 1 saturated carbocycles. The van der Waals surface area contributed by atoms with Gasteiger partial charge in [0.2, 0.25) is 5.91 Å². The molecule has 0 radical (unpaired) electrons. The molecule has 1 amide bonds. The number of methoxy groups -OCH3 is 1. The number of hydrogen-bond donors (Lipinski definition) is 1. The van der Waals surface area contributed by atoms with Gasteiger partial charge >= 0.3 is 5.97 Å². The van der Waals surface area contributed by atoms with E-state index >= 15 is 0 Å². The molecule has 1 N–H and O–H groups in total. The van der Waals surface area contributed by atoms with Crippen LogP contribution in [0.15, 0.2) is 24.4 Å². The SMILES string of the molecule is COC(=O)C1(C(=O)NCc2ccccn2)CCC1. The van der Waals surface area contributed by atoms with Gasteiger partial charge in [0, 0.05) is 6.20 Å². The van der Waals surface area contributed by atoms with Crippen LogP contribution in [0.1, 0.15) is 25.0 Å². The van der Waals surface area contributed by atoms with Gasteiger partial charge in [-0.05, 0) is 25.0 Å². The summed E-state index contributed by atoms with van der Waals surface area (Å²) in [5.41, 5.74) is -0.200. The van der Waals surface area contributed by atoms with Gasteiger partial charge in [0.05, 0.1) is 19.3 Å². The molecule has 0 unspecified atom stereocenters. The van der Waals surface area contributed by atoms with E-state index in [0.717, 1.165) is 12.1 Å². The van der Waals surface area contributed by atoms with Gasteiger partial charge < -0.3 is 10.1 Å². The summed E-state index contributed by atoms with van der Waals surface area (Å²) in [5.74, 6) is -0.696. The first kappa shape index (κ1) is 12.5. The second kappa shape index (κ2) is 5.16. The molecule has 0 atom stereocenters. The van der Waals surface area contributed by atoms with E-state index in [1.807, 2.05) is 18.2 Å². The number of nitrogens with zero attached hydrogens (tertiary/aromatic N) is 1. The Bertz CT molecular complexity index is 441. The first-order valence-corrected chi connectivity index (χ1v) is 5.96. The molecule has 18 heavy (non-hydrogen) atoms. The number of hydrogen-bond acceptors (Lipinski definition) is 4. The Labute approximate surface area is 106 Å². The molecular formula is C13H16N2O3. The summed E-state index contributed by atoms with van der Waals surface area (Å²) < 4.78 is 4.72. The third-order valence-electron chi connectivity index (χ3n) is 3.37. The van der Waals surface area contributed by atoms with Crippen LogP contribution in [0.3, 0.4) is 0 Å². The van der Waals surface area contributed by atoms with Crippen LogP contribution in [0.25, 0.3) is 0 Å². The van der Waals surface area contributed by atoms with E-state index in [9.17, 15) is 9.59 Å². The molecule has 1 aliphatic rings. The third kappa shape index (κ3) is 2.20. The van der Waals surface area contributed by atoms with Gasteiger partial charge in [0.25, 0.3) is 0 Å². The van der Waals surface area contributed by atoms with E-state index in [0.29, 0.717) is 19.4 Å². The van der Waals surface area contributed by atoms with Crippen molar-refractivity contribution >= 4 is 11.9 Å². The number of amides is 1. The van der Waals surface area contributed by atoms with Crippen LogP contribution in [0.2, 0.25) is 0 Å². The third-order valence-corrected chi connectivity index (χ3v) is 3.37. The number of carbonyl (C=O) groups is 2. The number of ether oxygens (including phenoxy) is 1. The van der Waals surface area contributed by atoms with E-state index in [4.69, 9.17) is 4.74 Å². The molecule has 2 rings (SSSR count). The largest absolute Gasteiger partial charge is 0.468 e. The zero-order valence-electron chi connectivity index (χ0n) is 10.3. The van der Waals surface area contributed by atoms with Gasteiger partial charge in [-0.15, -0.1) is 0 Å².